The zero-order valence-electron chi connectivity index (χ0n) is 15.4. The van der Waals surface area contributed by atoms with Gasteiger partial charge in [-0.15, -0.1) is 24.0 Å². The van der Waals surface area contributed by atoms with E-state index < -0.39 is 10.8 Å². The fourth-order valence-electron chi connectivity index (χ4n) is 3.10. The molecule has 0 aromatic rings. The molecule has 2 rings (SSSR count). The minimum absolute atomic E-state index is 0. The summed E-state index contributed by atoms with van der Waals surface area (Å²) in [6.45, 7) is 6.00. The second-order valence-corrected chi connectivity index (χ2v) is 8.63. The number of hydrogen-bond donors (Lipinski definition) is 3. The molecular weight excluding hydrogens is 451 g/mol. The van der Waals surface area contributed by atoms with Gasteiger partial charge in [0.1, 0.15) is 0 Å². The van der Waals surface area contributed by atoms with Gasteiger partial charge in [0.25, 0.3) is 0 Å². The maximum Gasteiger partial charge on any atom is 0.223 e. The quantitative estimate of drug-likeness (QED) is 0.212. The van der Waals surface area contributed by atoms with Crippen molar-refractivity contribution >= 4 is 46.6 Å². The van der Waals surface area contributed by atoms with Crippen LogP contribution in [0.4, 0.5) is 0 Å². The zero-order valence-corrected chi connectivity index (χ0v) is 18.5. The Balaban J connectivity index is 0.00000312. The maximum atomic E-state index is 12.1. The number of hydrogen-bond acceptors (Lipinski definition) is 3. The highest BCUT2D eigenvalue weighted by Gasteiger charge is 2.29. The van der Waals surface area contributed by atoms with Crippen molar-refractivity contribution in [2.75, 3.05) is 25.4 Å². The van der Waals surface area contributed by atoms with Crippen molar-refractivity contribution in [2.24, 2.45) is 10.9 Å². The van der Waals surface area contributed by atoms with E-state index >= 15 is 0 Å². The van der Waals surface area contributed by atoms with Gasteiger partial charge < -0.3 is 16.0 Å². The molecule has 2 aliphatic rings. The number of aliphatic imine (C=N–C) groups is 1. The molecule has 0 spiro atoms. The van der Waals surface area contributed by atoms with Gasteiger partial charge in [-0.3, -0.25) is 14.0 Å². The molecule has 2 aliphatic carbocycles. The second-order valence-electron chi connectivity index (χ2n) is 6.63. The van der Waals surface area contributed by atoms with Crippen LogP contribution in [-0.2, 0) is 15.6 Å². The van der Waals surface area contributed by atoms with Crippen molar-refractivity contribution in [1.82, 2.24) is 16.0 Å². The van der Waals surface area contributed by atoms with Gasteiger partial charge in [0, 0.05) is 46.9 Å². The fourth-order valence-corrected chi connectivity index (χ4v) is 4.45. The van der Waals surface area contributed by atoms with E-state index in [1.807, 2.05) is 13.8 Å². The second kappa shape index (κ2) is 12.1. The summed E-state index contributed by atoms with van der Waals surface area (Å²) in [5.74, 6) is 1.96. The molecule has 2 saturated carbocycles. The van der Waals surface area contributed by atoms with Crippen molar-refractivity contribution in [2.45, 2.75) is 63.7 Å². The molecule has 0 saturated heterocycles. The number of carbonyl (C=O) groups excluding carboxylic acids is 1. The van der Waals surface area contributed by atoms with E-state index in [0.29, 0.717) is 24.4 Å². The predicted octanol–water partition coefficient (Wildman–Crippen LogP) is 1.77. The van der Waals surface area contributed by atoms with Gasteiger partial charge in [0.2, 0.25) is 5.91 Å². The zero-order chi connectivity index (χ0) is 17.4. The van der Waals surface area contributed by atoms with E-state index in [4.69, 9.17) is 0 Å². The predicted molar refractivity (Wildman–Crippen MR) is 115 cm³/mol. The third kappa shape index (κ3) is 8.23. The Kier molecular flexibility index (Phi) is 11.0. The Morgan fingerprint density at radius 3 is 2.56 bits per heavy atom. The van der Waals surface area contributed by atoms with Crippen LogP contribution < -0.4 is 16.0 Å². The molecule has 0 radical (unpaired) electrons. The number of halogens is 1. The number of carbonyl (C=O) groups is 1. The Morgan fingerprint density at radius 1 is 1.16 bits per heavy atom. The number of rotatable bonds is 8. The fraction of sp³-hybridized carbons (Fsp3) is 0.882. The molecule has 0 bridgehead atoms. The number of amides is 1. The van der Waals surface area contributed by atoms with Gasteiger partial charge in [-0.1, -0.05) is 13.3 Å². The van der Waals surface area contributed by atoms with Crippen molar-refractivity contribution in [1.29, 1.82) is 0 Å². The lowest BCUT2D eigenvalue weighted by Gasteiger charge is -2.30. The van der Waals surface area contributed by atoms with E-state index in [1.165, 1.54) is 0 Å². The minimum Gasteiger partial charge on any atom is -0.357 e. The molecule has 0 aromatic heterocycles. The van der Waals surface area contributed by atoms with Gasteiger partial charge in [-0.05, 0) is 39.0 Å². The monoisotopic (exact) mass is 484 g/mol. The van der Waals surface area contributed by atoms with Crippen molar-refractivity contribution in [3.63, 3.8) is 0 Å². The standard InChI is InChI=1S/C17H32N4O2S.HI/c1-3-18-17(20-11-10-19-16(22)13-8-9-13)21-14-6-5-7-15(12-14)24(23)4-2;/h13-15H,3-12H2,1-2H3,(H,19,22)(H2,18,20,21);1H. The van der Waals surface area contributed by atoms with Crippen LogP contribution in [-0.4, -0.2) is 52.8 Å². The summed E-state index contributed by atoms with van der Waals surface area (Å²) >= 11 is 0. The average molecular weight is 484 g/mol. The van der Waals surface area contributed by atoms with E-state index in [0.717, 1.165) is 56.8 Å². The van der Waals surface area contributed by atoms with Crippen LogP contribution in [0.1, 0.15) is 52.4 Å². The molecule has 0 heterocycles. The van der Waals surface area contributed by atoms with E-state index in [2.05, 4.69) is 20.9 Å². The van der Waals surface area contributed by atoms with Crippen LogP contribution in [0.25, 0.3) is 0 Å². The van der Waals surface area contributed by atoms with Crippen molar-refractivity contribution in [3.05, 3.63) is 0 Å². The smallest absolute Gasteiger partial charge is 0.223 e. The van der Waals surface area contributed by atoms with Crippen LogP contribution >= 0.6 is 24.0 Å². The molecule has 2 fully saturated rings. The van der Waals surface area contributed by atoms with Gasteiger partial charge in [0.15, 0.2) is 5.96 Å². The molecule has 0 aromatic carbocycles. The maximum absolute atomic E-state index is 12.1. The van der Waals surface area contributed by atoms with Gasteiger partial charge in [0.05, 0.1) is 6.54 Å². The van der Waals surface area contributed by atoms with E-state index in [-0.39, 0.29) is 35.8 Å². The first-order chi connectivity index (χ1) is 11.6. The normalized spacial score (nSPS) is 24.8. The topological polar surface area (TPSA) is 82.6 Å². The first kappa shape index (κ1) is 22.7. The third-order valence-electron chi connectivity index (χ3n) is 4.60. The molecular formula is C17H33IN4O2S. The summed E-state index contributed by atoms with van der Waals surface area (Å²) in [5.41, 5.74) is 0. The molecule has 3 atom stereocenters. The molecule has 3 unspecified atom stereocenters. The molecule has 146 valence electrons. The summed E-state index contributed by atoms with van der Waals surface area (Å²) in [5, 5.41) is 9.98. The molecule has 0 aliphatic heterocycles. The first-order valence-corrected chi connectivity index (χ1v) is 10.7. The van der Waals surface area contributed by atoms with Gasteiger partial charge in [-0.2, -0.15) is 0 Å². The first-order valence-electron chi connectivity index (χ1n) is 9.33. The lowest BCUT2D eigenvalue weighted by Crippen LogP contribution is -2.47. The highest BCUT2D eigenvalue weighted by Crippen LogP contribution is 2.28. The van der Waals surface area contributed by atoms with E-state index in [1.54, 1.807) is 0 Å². The Morgan fingerprint density at radius 2 is 1.92 bits per heavy atom. The lowest BCUT2D eigenvalue weighted by molar-refractivity contribution is -0.122. The highest BCUT2D eigenvalue weighted by molar-refractivity contribution is 14.0. The van der Waals surface area contributed by atoms with E-state index in [9.17, 15) is 9.00 Å². The largest absolute Gasteiger partial charge is 0.357 e. The summed E-state index contributed by atoms with van der Waals surface area (Å²) in [7, 11) is -0.711. The van der Waals surface area contributed by atoms with Crippen molar-refractivity contribution < 1.29 is 9.00 Å². The minimum atomic E-state index is -0.711. The van der Waals surface area contributed by atoms with Crippen molar-refractivity contribution in [3.8, 4) is 0 Å². The van der Waals surface area contributed by atoms with Crippen LogP contribution in [0.5, 0.6) is 0 Å². The number of nitrogens with zero attached hydrogens (tertiary/aromatic N) is 1. The number of nitrogens with one attached hydrogen (secondary N) is 3. The molecule has 6 nitrogen and oxygen atoms in total. The summed E-state index contributed by atoms with van der Waals surface area (Å²) in [6.07, 6.45) is 6.29. The van der Waals surface area contributed by atoms with Crippen LogP contribution in [0, 0.1) is 5.92 Å². The highest BCUT2D eigenvalue weighted by atomic mass is 127. The summed E-state index contributed by atoms with van der Waals surface area (Å²) in [4.78, 5) is 16.2. The third-order valence-corrected chi connectivity index (χ3v) is 6.34. The Labute approximate surface area is 171 Å². The average Bonchev–Trinajstić information content (AvgIpc) is 3.43. The number of guanidine groups is 1. The van der Waals surface area contributed by atoms with Gasteiger partial charge >= 0.3 is 0 Å². The molecule has 8 heteroatoms. The Bertz CT molecular complexity index is 472. The SMILES string of the molecule is CCNC(=NCCNC(=O)C1CC1)NC1CCCC(S(=O)CC)C1.I. The molecule has 25 heavy (non-hydrogen) atoms. The van der Waals surface area contributed by atoms with Crippen LogP contribution in [0.15, 0.2) is 4.99 Å². The summed E-state index contributed by atoms with van der Waals surface area (Å²) in [6, 6.07) is 0.332. The summed E-state index contributed by atoms with van der Waals surface area (Å²) < 4.78 is 12.1. The Hall–Kier alpha value is -0.380. The molecule has 3 N–H and O–H groups in total. The van der Waals surface area contributed by atoms with Gasteiger partial charge in [-0.25, -0.2) is 0 Å². The van der Waals surface area contributed by atoms with Crippen LogP contribution in [0.3, 0.4) is 0 Å². The molecule has 1 amide bonds. The lowest BCUT2D eigenvalue weighted by atomic mass is 9.95. The van der Waals surface area contributed by atoms with Crippen LogP contribution in [0.2, 0.25) is 0 Å².